The molecule has 0 saturated carbocycles. The Kier molecular flexibility index (Phi) is 3.89. The van der Waals surface area contributed by atoms with E-state index in [0.29, 0.717) is 16.4 Å². The molecule has 0 aliphatic heterocycles. The first-order valence-corrected chi connectivity index (χ1v) is 8.57. The van der Waals surface area contributed by atoms with E-state index in [9.17, 15) is 19.8 Å². The molecule has 3 N–H and O–H groups in total. The minimum absolute atomic E-state index is 0.156. The molecule has 134 valence electrons. The zero-order chi connectivity index (χ0) is 19.3. The molecule has 0 aromatic heterocycles. The van der Waals surface area contributed by atoms with Crippen LogP contribution in [0, 0.1) is 6.92 Å². The van der Waals surface area contributed by atoms with Gasteiger partial charge in [-0.2, -0.15) is 0 Å². The Morgan fingerprint density at radius 3 is 2.11 bits per heavy atom. The molecule has 0 saturated heterocycles. The summed E-state index contributed by atoms with van der Waals surface area (Å²) in [5.41, 5.74) is 2.19. The highest BCUT2D eigenvalue weighted by molar-refractivity contribution is 6.33. The molecular formula is C21H14ClNO4. The number of rotatable bonds is 2. The van der Waals surface area contributed by atoms with Crippen LogP contribution in [0.5, 0.6) is 11.5 Å². The van der Waals surface area contributed by atoms with Crippen molar-refractivity contribution < 1.29 is 19.8 Å². The second-order valence-electron chi connectivity index (χ2n) is 6.33. The highest BCUT2D eigenvalue weighted by Crippen LogP contribution is 2.39. The summed E-state index contributed by atoms with van der Waals surface area (Å²) >= 11 is 6.24. The van der Waals surface area contributed by atoms with Crippen LogP contribution in [0.15, 0.2) is 48.5 Å². The Balaban J connectivity index is 1.82. The van der Waals surface area contributed by atoms with E-state index < -0.39 is 11.6 Å². The van der Waals surface area contributed by atoms with Gasteiger partial charge in [-0.3, -0.25) is 9.59 Å². The number of nitrogens with one attached hydrogen (secondary N) is 1. The Labute approximate surface area is 159 Å². The van der Waals surface area contributed by atoms with Crippen molar-refractivity contribution in [3.05, 3.63) is 81.4 Å². The first-order chi connectivity index (χ1) is 12.9. The van der Waals surface area contributed by atoms with E-state index >= 15 is 0 Å². The van der Waals surface area contributed by atoms with Crippen LogP contribution in [-0.2, 0) is 0 Å². The van der Waals surface area contributed by atoms with E-state index in [2.05, 4.69) is 5.32 Å². The van der Waals surface area contributed by atoms with Gasteiger partial charge in [0.25, 0.3) is 0 Å². The molecule has 1 aliphatic rings. The van der Waals surface area contributed by atoms with Crippen molar-refractivity contribution in [3.8, 4) is 11.5 Å². The molecule has 3 aromatic rings. The van der Waals surface area contributed by atoms with Crippen LogP contribution in [0.4, 0.5) is 11.4 Å². The molecule has 0 bridgehead atoms. The summed E-state index contributed by atoms with van der Waals surface area (Å²) in [7, 11) is 0. The van der Waals surface area contributed by atoms with Crippen molar-refractivity contribution in [2.45, 2.75) is 6.92 Å². The number of ketones is 2. The normalized spacial score (nSPS) is 12.5. The SMILES string of the molecule is Cc1cccc(Cl)c1Nc1ccc2c(c1)C(=O)c1c(O)ccc(O)c1C2=O. The summed E-state index contributed by atoms with van der Waals surface area (Å²) in [5, 5.41) is 23.7. The number of aromatic hydroxyl groups is 2. The van der Waals surface area contributed by atoms with E-state index in [1.807, 2.05) is 19.1 Å². The molecule has 0 amide bonds. The Morgan fingerprint density at radius 1 is 0.852 bits per heavy atom. The van der Waals surface area contributed by atoms with E-state index in [1.165, 1.54) is 18.2 Å². The molecule has 0 atom stereocenters. The van der Waals surface area contributed by atoms with Gasteiger partial charge in [0.2, 0.25) is 0 Å². The third kappa shape index (κ3) is 2.64. The minimum Gasteiger partial charge on any atom is -0.507 e. The highest BCUT2D eigenvalue weighted by atomic mass is 35.5. The zero-order valence-electron chi connectivity index (χ0n) is 14.2. The summed E-state index contributed by atoms with van der Waals surface area (Å²) in [6.07, 6.45) is 0. The average molecular weight is 380 g/mol. The fraction of sp³-hybridized carbons (Fsp3) is 0.0476. The number of phenolic OH excluding ortho intramolecular Hbond substituents is 2. The van der Waals surface area contributed by atoms with Crippen molar-refractivity contribution in [1.82, 2.24) is 0 Å². The number of hydrogen-bond donors (Lipinski definition) is 3. The molecule has 3 aromatic carbocycles. The monoisotopic (exact) mass is 379 g/mol. The third-order valence-corrected chi connectivity index (χ3v) is 4.93. The van der Waals surface area contributed by atoms with Crippen molar-refractivity contribution in [2.75, 3.05) is 5.32 Å². The van der Waals surface area contributed by atoms with Crippen molar-refractivity contribution in [2.24, 2.45) is 0 Å². The van der Waals surface area contributed by atoms with Crippen molar-refractivity contribution >= 4 is 34.5 Å². The van der Waals surface area contributed by atoms with Crippen LogP contribution >= 0.6 is 11.6 Å². The highest BCUT2D eigenvalue weighted by Gasteiger charge is 2.34. The molecule has 0 spiro atoms. The van der Waals surface area contributed by atoms with Gasteiger partial charge in [0.05, 0.1) is 21.8 Å². The summed E-state index contributed by atoms with van der Waals surface area (Å²) in [4.78, 5) is 25.6. The predicted octanol–water partition coefficient (Wildman–Crippen LogP) is 4.58. The lowest BCUT2D eigenvalue weighted by Crippen LogP contribution is -2.21. The first-order valence-electron chi connectivity index (χ1n) is 8.19. The summed E-state index contributed by atoms with van der Waals surface area (Å²) in [6.45, 7) is 1.90. The van der Waals surface area contributed by atoms with Crippen LogP contribution in [0.3, 0.4) is 0 Å². The number of anilines is 2. The van der Waals surface area contributed by atoms with Crippen molar-refractivity contribution in [3.63, 3.8) is 0 Å². The second-order valence-corrected chi connectivity index (χ2v) is 6.74. The molecule has 0 unspecified atom stereocenters. The number of carbonyl (C=O) groups excluding carboxylic acids is 2. The predicted molar refractivity (Wildman–Crippen MR) is 103 cm³/mol. The minimum atomic E-state index is -0.521. The lowest BCUT2D eigenvalue weighted by Gasteiger charge is -2.20. The largest absolute Gasteiger partial charge is 0.507 e. The fourth-order valence-corrected chi connectivity index (χ4v) is 3.52. The molecule has 27 heavy (non-hydrogen) atoms. The Hall–Kier alpha value is -3.31. The van der Waals surface area contributed by atoms with Gasteiger partial charge < -0.3 is 15.5 Å². The standard InChI is InChI=1S/C21H14ClNO4/c1-10-3-2-4-14(22)19(10)23-11-5-6-12-13(9-11)21(27)18-16(25)8-7-15(24)17(18)20(12)26/h2-9,23-25H,1H3. The number of aryl methyl sites for hydroxylation is 1. The van der Waals surface area contributed by atoms with Crippen LogP contribution in [0.2, 0.25) is 5.02 Å². The molecule has 1 aliphatic carbocycles. The van der Waals surface area contributed by atoms with Crippen LogP contribution in [0.25, 0.3) is 0 Å². The average Bonchev–Trinajstić information content (AvgIpc) is 2.64. The van der Waals surface area contributed by atoms with Crippen LogP contribution in [-0.4, -0.2) is 21.8 Å². The number of fused-ring (bicyclic) bond motifs is 2. The smallest absolute Gasteiger partial charge is 0.198 e. The number of halogens is 1. The number of para-hydroxylation sites is 1. The van der Waals surface area contributed by atoms with Gasteiger partial charge in [-0.1, -0.05) is 23.7 Å². The fourth-order valence-electron chi connectivity index (χ4n) is 3.25. The quantitative estimate of drug-likeness (QED) is 0.444. The van der Waals surface area contributed by atoms with Gasteiger partial charge in [0.1, 0.15) is 11.5 Å². The van der Waals surface area contributed by atoms with Crippen LogP contribution in [0.1, 0.15) is 37.4 Å². The van der Waals surface area contributed by atoms with Gasteiger partial charge in [0.15, 0.2) is 11.6 Å². The molecular weight excluding hydrogens is 366 g/mol. The molecule has 0 fully saturated rings. The number of carbonyl (C=O) groups is 2. The maximum Gasteiger partial charge on any atom is 0.198 e. The Morgan fingerprint density at radius 2 is 1.48 bits per heavy atom. The summed E-state index contributed by atoms with van der Waals surface area (Å²) in [5.74, 6) is -1.70. The lowest BCUT2D eigenvalue weighted by molar-refractivity contribution is 0.0974. The molecule has 0 radical (unpaired) electrons. The van der Waals surface area contributed by atoms with E-state index in [0.717, 1.165) is 5.56 Å². The molecule has 0 heterocycles. The number of benzene rings is 3. The Bertz CT molecular complexity index is 1120. The van der Waals surface area contributed by atoms with Gasteiger partial charge in [0, 0.05) is 16.8 Å². The molecule has 6 heteroatoms. The maximum atomic E-state index is 12.9. The molecule has 5 nitrogen and oxygen atoms in total. The summed E-state index contributed by atoms with van der Waals surface area (Å²) < 4.78 is 0. The van der Waals surface area contributed by atoms with Gasteiger partial charge in [-0.25, -0.2) is 0 Å². The van der Waals surface area contributed by atoms with Gasteiger partial charge in [-0.15, -0.1) is 0 Å². The number of phenols is 2. The van der Waals surface area contributed by atoms with E-state index in [1.54, 1.807) is 18.2 Å². The zero-order valence-corrected chi connectivity index (χ0v) is 15.0. The second kappa shape index (κ2) is 6.14. The third-order valence-electron chi connectivity index (χ3n) is 4.62. The molecule has 4 rings (SSSR count). The van der Waals surface area contributed by atoms with Crippen LogP contribution < -0.4 is 5.32 Å². The number of hydrogen-bond acceptors (Lipinski definition) is 5. The maximum absolute atomic E-state index is 12.9. The van der Waals surface area contributed by atoms with Gasteiger partial charge in [-0.05, 0) is 48.9 Å². The topological polar surface area (TPSA) is 86.6 Å². The summed E-state index contributed by atoms with van der Waals surface area (Å²) in [6, 6.07) is 12.6. The van der Waals surface area contributed by atoms with E-state index in [4.69, 9.17) is 11.6 Å². The first kappa shape index (κ1) is 17.1. The van der Waals surface area contributed by atoms with Crippen molar-refractivity contribution in [1.29, 1.82) is 0 Å². The van der Waals surface area contributed by atoms with E-state index in [-0.39, 0.29) is 33.8 Å². The van der Waals surface area contributed by atoms with Gasteiger partial charge >= 0.3 is 0 Å². The lowest BCUT2D eigenvalue weighted by atomic mass is 9.83.